The van der Waals surface area contributed by atoms with Gasteiger partial charge in [0.25, 0.3) is 5.89 Å². The van der Waals surface area contributed by atoms with Crippen molar-refractivity contribution in [1.82, 2.24) is 14.4 Å². The maximum absolute atomic E-state index is 12.7. The quantitative estimate of drug-likeness (QED) is 0.567. The number of benzene rings is 2. The van der Waals surface area contributed by atoms with Crippen molar-refractivity contribution in [2.75, 3.05) is 20.2 Å². The van der Waals surface area contributed by atoms with Gasteiger partial charge in [-0.3, -0.25) is 0 Å². The number of hydrogen-bond acceptors (Lipinski definition) is 7. The van der Waals surface area contributed by atoms with Crippen molar-refractivity contribution in [2.24, 2.45) is 0 Å². The summed E-state index contributed by atoms with van der Waals surface area (Å²) >= 11 is 0. The molecule has 1 aliphatic rings. The Hall–Kier alpha value is -2.91. The van der Waals surface area contributed by atoms with Crippen LogP contribution in [0, 0.1) is 0 Å². The molecule has 1 aromatic heterocycles. The van der Waals surface area contributed by atoms with Crippen LogP contribution in [-0.4, -0.2) is 43.1 Å². The minimum absolute atomic E-state index is 0.109. The maximum atomic E-state index is 12.7. The number of aromatic nitrogens is 2. The molecule has 9 heteroatoms. The molecule has 0 bridgehead atoms. The number of piperidine rings is 1. The Labute approximate surface area is 175 Å². The number of methoxy groups -OCH3 is 1. The lowest BCUT2D eigenvalue weighted by molar-refractivity contribution is 0.287. The minimum Gasteiger partial charge on any atom is -0.497 e. The molecule has 0 aliphatic carbocycles. The van der Waals surface area contributed by atoms with E-state index in [1.54, 1.807) is 35.7 Å². The highest BCUT2D eigenvalue weighted by atomic mass is 32.2. The molecule has 1 saturated heterocycles. The van der Waals surface area contributed by atoms with Crippen molar-refractivity contribution >= 4 is 10.0 Å². The highest BCUT2D eigenvalue weighted by molar-refractivity contribution is 7.89. The normalized spacial score (nSPS) is 15.1. The molecule has 1 aliphatic heterocycles. The molecule has 0 unspecified atom stereocenters. The second-order valence-electron chi connectivity index (χ2n) is 6.97. The summed E-state index contributed by atoms with van der Waals surface area (Å²) in [6, 6.07) is 13.7. The third-order valence-electron chi connectivity index (χ3n) is 4.95. The third-order valence-corrected chi connectivity index (χ3v) is 6.86. The summed E-state index contributed by atoms with van der Waals surface area (Å²) in [5.41, 5.74) is 0.779. The van der Waals surface area contributed by atoms with Gasteiger partial charge in [0.1, 0.15) is 11.5 Å². The molecular weight excluding hydrogens is 406 g/mol. The average Bonchev–Trinajstić information content (AvgIpc) is 3.28. The van der Waals surface area contributed by atoms with E-state index in [4.69, 9.17) is 14.0 Å². The predicted molar refractivity (Wildman–Crippen MR) is 110 cm³/mol. The molecule has 0 atom stereocenters. The zero-order valence-corrected chi connectivity index (χ0v) is 17.5. The van der Waals surface area contributed by atoms with E-state index >= 15 is 0 Å². The molecule has 0 amide bonds. The van der Waals surface area contributed by atoms with Crippen LogP contribution in [-0.2, 0) is 16.6 Å². The Bertz CT molecular complexity index is 1070. The van der Waals surface area contributed by atoms with Crippen LogP contribution in [0.1, 0.15) is 25.1 Å². The van der Waals surface area contributed by atoms with Crippen LogP contribution in [0.2, 0.25) is 0 Å². The molecule has 4 rings (SSSR count). The molecular formula is C21H23N3O5S. The fraction of sp³-hybridized carbons (Fsp3) is 0.333. The molecule has 0 saturated carbocycles. The number of rotatable bonds is 7. The molecule has 2 heterocycles. The number of sulfonamides is 1. The van der Waals surface area contributed by atoms with Gasteiger partial charge in [-0.15, -0.1) is 0 Å². The van der Waals surface area contributed by atoms with Crippen LogP contribution < -0.4 is 9.47 Å². The SMILES string of the molecule is COc1ccc(-c2nc(COc3ccc(S(=O)(=O)N4CCCCC4)cc3)no2)cc1. The summed E-state index contributed by atoms with van der Waals surface area (Å²) in [6.45, 7) is 1.27. The van der Waals surface area contributed by atoms with E-state index in [1.807, 2.05) is 24.3 Å². The Morgan fingerprint density at radius 2 is 1.63 bits per heavy atom. The largest absolute Gasteiger partial charge is 0.497 e. The van der Waals surface area contributed by atoms with E-state index in [9.17, 15) is 8.42 Å². The Kier molecular flexibility index (Phi) is 6.01. The van der Waals surface area contributed by atoms with Crippen LogP contribution in [0.25, 0.3) is 11.5 Å². The molecule has 30 heavy (non-hydrogen) atoms. The van der Waals surface area contributed by atoms with Crippen molar-refractivity contribution in [3.63, 3.8) is 0 Å². The lowest BCUT2D eigenvalue weighted by Gasteiger charge is -2.25. The summed E-state index contributed by atoms with van der Waals surface area (Å²) in [5.74, 6) is 2.06. The Morgan fingerprint density at radius 3 is 2.30 bits per heavy atom. The summed E-state index contributed by atoms with van der Waals surface area (Å²) < 4.78 is 43.0. The standard InChI is InChI=1S/C21H23N3O5S/c1-27-17-7-5-16(6-8-17)21-22-20(23-29-21)15-28-18-9-11-19(12-10-18)30(25,26)24-13-3-2-4-14-24/h5-12H,2-4,13-15H2,1H3. The molecule has 0 spiro atoms. The summed E-state index contributed by atoms with van der Waals surface area (Å²) in [6.07, 6.45) is 2.89. The molecule has 2 aromatic carbocycles. The van der Waals surface area contributed by atoms with Crippen LogP contribution in [0.5, 0.6) is 11.5 Å². The number of ether oxygens (including phenoxy) is 2. The molecule has 0 N–H and O–H groups in total. The van der Waals surface area contributed by atoms with Gasteiger partial charge >= 0.3 is 0 Å². The van der Waals surface area contributed by atoms with Crippen LogP contribution in [0.3, 0.4) is 0 Å². The van der Waals surface area contributed by atoms with Crippen LogP contribution in [0.15, 0.2) is 57.9 Å². The van der Waals surface area contributed by atoms with E-state index in [1.165, 1.54) is 0 Å². The van der Waals surface area contributed by atoms with Crippen LogP contribution >= 0.6 is 0 Å². The summed E-state index contributed by atoms with van der Waals surface area (Å²) in [7, 11) is -1.85. The number of hydrogen-bond donors (Lipinski definition) is 0. The van der Waals surface area contributed by atoms with E-state index in [0.717, 1.165) is 30.6 Å². The Balaban J connectivity index is 1.38. The maximum Gasteiger partial charge on any atom is 0.258 e. The first-order valence-electron chi connectivity index (χ1n) is 9.76. The highest BCUT2D eigenvalue weighted by Gasteiger charge is 2.25. The van der Waals surface area contributed by atoms with E-state index in [2.05, 4.69) is 10.1 Å². The van der Waals surface area contributed by atoms with Gasteiger partial charge in [0.15, 0.2) is 6.61 Å². The van der Waals surface area contributed by atoms with Gasteiger partial charge in [0.05, 0.1) is 12.0 Å². The zero-order valence-electron chi connectivity index (χ0n) is 16.7. The first kappa shape index (κ1) is 20.4. The van der Waals surface area contributed by atoms with Gasteiger partial charge in [0.2, 0.25) is 15.8 Å². The minimum atomic E-state index is -3.45. The zero-order chi connectivity index (χ0) is 21.0. The molecule has 0 radical (unpaired) electrons. The Morgan fingerprint density at radius 1 is 0.967 bits per heavy atom. The van der Waals surface area contributed by atoms with E-state index in [-0.39, 0.29) is 11.5 Å². The molecule has 8 nitrogen and oxygen atoms in total. The van der Waals surface area contributed by atoms with Crippen molar-refractivity contribution in [3.05, 3.63) is 54.4 Å². The van der Waals surface area contributed by atoms with Gasteiger partial charge in [-0.05, 0) is 61.4 Å². The smallest absolute Gasteiger partial charge is 0.258 e. The number of nitrogens with zero attached hydrogens (tertiary/aromatic N) is 3. The predicted octanol–water partition coefficient (Wildman–Crippen LogP) is 3.50. The second kappa shape index (κ2) is 8.85. The van der Waals surface area contributed by atoms with E-state index < -0.39 is 10.0 Å². The molecule has 1 fully saturated rings. The monoisotopic (exact) mass is 429 g/mol. The fourth-order valence-corrected chi connectivity index (χ4v) is 4.79. The lowest BCUT2D eigenvalue weighted by atomic mass is 10.2. The van der Waals surface area contributed by atoms with Crippen molar-refractivity contribution < 1.29 is 22.4 Å². The second-order valence-corrected chi connectivity index (χ2v) is 8.91. The van der Waals surface area contributed by atoms with Gasteiger partial charge in [-0.2, -0.15) is 9.29 Å². The highest BCUT2D eigenvalue weighted by Crippen LogP contribution is 2.24. The van der Waals surface area contributed by atoms with Gasteiger partial charge in [-0.1, -0.05) is 11.6 Å². The van der Waals surface area contributed by atoms with Crippen molar-refractivity contribution in [3.8, 4) is 23.0 Å². The molecule has 158 valence electrons. The summed E-state index contributed by atoms with van der Waals surface area (Å²) in [4.78, 5) is 4.60. The van der Waals surface area contributed by atoms with Gasteiger partial charge < -0.3 is 14.0 Å². The molecule has 3 aromatic rings. The van der Waals surface area contributed by atoms with Crippen LogP contribution in [0.4, 0.5) is 0 Å². The van der Waals surface area contributed by atoms with Crippen molar-refractivity contribution in [1.29, 1.82) is 0 Å². The fourth-order valence-electron chi connectivity index (χ4n) is 3.27. The third kappa shape index (κ3) is 4.47. The van der Waals surface area contributed by atoms with Gasteiger partial charge in [0, 0.05) is 18.7 Å². The topological polar surface area (TPSA) is 94.8 Å². The first-order chi connectivity index (χ1) is 14.6. The lowest BCUT2D eigenvalue weighted by Crippen LogP contribution is -2.35. The summed E-state index contributed by atoms with van der Waals surface area (Å²) in [5, 5.41) is 3.92. The van der Waals surface area contributed by atoms with E-state index in [0.29, 0.717) is 30.6 Å². The first-order valence-corrected chi connectivity index (χ1v) is 11.2. The van der Waals surface area contributed by atoms with Crippen molar-refractivity contribution in [2.45, 2.75) is 30.8 Å². The van der Waals surface area contributed by atoms with Gasteiger partial charge in [-0.25, -0.2) is 8.42 Å². The average molecular weight is 429 g/mol.